The van der Waals surface area contributed by atoms with Crippen LogP contribution in [0.4, 0.5) is 5.69 Å². The van der Waals surface area contributed by atoms with E-state index in [-0.39, 0.29) is 0 Å². The van der Waals surface area contributed by atoms with E-state index in [1.54, 1.807) is 24.3 Å². The first-order valence-corrected chi connectivity index (χ1v) is 6.13. The average Bonchev–Trinajstić information content (AvgIpc) is 2.34. The van der Waals surface area contributed by atoms with Gasteiger partial charge in [0.15, 0.2) is 0 Å². The number of aryl methyl sites for hydroxylation is 1. The van der Waals surface area contributed by atoms with Crippen LogP contribution in [0.25, 0.3) is 0 Å². The van der Waals surface area contributed by atoms with Gasteiger partial charge in [0.05, 0.1) is 5.56 Å². The third-order valence-corrected chi connectivity index (χ3v) is 3.16. The van der Waals surface area contributed by atoms with Crippen LogP contribution < -0.4 is 10.5 Å². The minimum Gasteiger partial charge on any atom is -0.457 e. The van der Waals surface area contributed by atoms with Crippen LogP contribution in [0, 0.1) is 18.3 Å². The molecular weight excluding hydrogens is 292 g/mol. The van der Waals surface area contributed by atoms with Gasteiger partial charge in [-0.2, -0.15) is 5.26 Å². The van der Waals surface area contributed by atoms with Crippen molar-refractivity contribution in [2.75, 3.05) is 5.73 Å². The third-order valence-electron chi connectivity index (χ3n) is 2.50. The van der Waals surface area contributed by atoms with E-state index in [0.29, 0.717) is 27.2 Å². The van der Waals surface area contributed by atoms with Crippen LogP contribution in [0.15, 0.2) is 40.9 Å². The fourth-order valence-corrected chi connectivity index (χ4v) is 1.95. The summed E-state index contributed by atoms with van der Waals surface area (Å²) in [7, 11) is 0. The molecule has 2 aromatic carbocycles. The second-order valence-corrected chi connectivity index (χ2v) is 4.73. The molecule has 0 unspecified atom stereocenters. The normalized spacial score (nSPS) is 9.83. The molecular formula is C14H11BrN2O. The second-order valence-electron chi connectivity index (χ2n) is 3.88. The number of ether oxygens (including phenoxy) is 1. The van der Waals surface area contributed by atoms with E-state index in [2.05, 4.69) is 22.0 Å². The summed E-state index contributed by atoms with van der Waals surface area (Å²) in [6.45, 7) is 1.95. The average molecular weight is 303 g/mol. The molecule has 0 radical (unpaired) electrons. The largest absolute Gasteiger partial charge is 0.457 e. The molecule has 0 saturated carbocycles. The van der Waals surface area contributed by atoms with Crippen LogP contribution in [-0.4, -0.2) is 0 Å². The standard InChI is InChI=1S/C14H11BrN2O/c1-9-2-4-11(17)6-14(9)18-12-5-3-10(8-16)13(15)7-12/h2-7H,17H2,1H3. The maximum absolute atomic E-state index is 8.84. The predicted octanol–water partition coefficient (Wildman–Crippen LogP) is 4.00. The quantitative estimate of drug-likeness (QED) is 0.853. The summed E-state index contributed by atoms with van der Waals surface area (Å²) in [6, 6.07) is 12.8. The number of nitrogen functional groups attached to an aromatic ring is 1. The fourth-order valence-electron chi connectivity index (χ4n) is 1.50. The zero-order valence-corrected chi connectivity index (χ0v) is 11.4. The van der Waals surface area contributed by atoms with E-state index >= 15 is 0 Å². The molecule has 0 aliphatic rings. The van der Waals surface area contributed by atoms with Gasteiger partial charge in [-0.1, -0.05) is 6.07 Å². The molecule has 0 aliphatic carbocycles. The van der Waals surface area contributed by atoms with E-state index in [9.17, 15) is 0 Å². The van der Waals surface area contributed by atoms with Crippen LogP contribution in [-0.2, 0) is 0 Å². The number of hydrogen-bond acceptors (Lipinski definition) is 3. The molecule has 2 rings (SSSR count). The van der Waals surface area contributed by atoms with Crippen LogP contribution in [0.1, 0.15) is 11.1 Å². The molecule has 0 amide bonds. The lowest BCUT2D eigenvalue weighted by molar-refractivity contribution is 0.479. The van der Waals surface area contributed by atoms with Crippen molar-refractivity contribution in [1.29, 1.82) is 5.26 Å². The summed E-state index contributed by atoms with van der Waals surface area (Å²) < 4.78 is 6.46. The number of hydrogen-bond donors (Lipinski definition) is 1. The number of halogens is 1. The first-order chi connectivity index (χ1) is 8.60. The Morgan fingerprint density at radius 2 is 2.00 bits per heavy atom. The van der Waals surface area contributed by atoms with Gasteiger partial charge in [0, 0.05) is 16.2 Å². The molecule has 4 heteroatoms. The van der Waals surface area contributed by atoms with Crippen molar-refractivity contribution >= 4 is 21.6 Å². The number of nitrogens with two attached hydrogens (primary N) is 1. The lowest BCUT2D eigenvalue weighted by Gasteiger charge is -2.10. The number of nitrogens with zero attached hydrogens (tertiary/aromatic N) is 1. The molecule has 0 spiro atoms. The molecule has 0 bridgehead atoms. The Morgan fingerprint density at radius 3 is 2.67 bits per heavy atom. The monoisotopic (exact) mass is 302 g/mol. The summed E-state index contributed by atoms with van der Waals surface area (Å²) in [5.41, 5.74) is 7.96. The van der Waals surface area contributed by atoms with Gasteiger partial charge >= 0.3 is 0 Å². The Bertz CT molecular complexity index is 632. The summed E-state index contributed by atoms with van der Waals surface area (Å²) in [5.74, 6) is 1.38. The minimum absolute atomic E-state index is 0.576. The highest BCUT2D eigenvalue weighted by atomic mass is 79.9. The highest BCUT2D eigenvalue weighted by Gasteiger charge is 2.05. The van der Waals surface area contributed by atoms with Crippen molar-refractivity contribution in [2.45, 2.75) is 6.92 Å². The van der Waals surface area contributed by atoms with E-state index in [1.807, 2.05) is 19.1 Å². The van der Waals surface area contributed by atoms with Crippen LogP contribution in [0.5, 0.6) is 11.5 Å². The molecule has 0 saturated heterocycles. The summed E-state index contributed by atoms with van der Waals surface area (Å²) in [6.07, 6.45) is 0. The topological polar surface area (TPSA) is 59.0 Å². The number of rotatable bonds is 2. The lowest BCUT2D eigenvalue weighted by Crippen LogP contribution is -1.91. The molecule has 0 aromatic heterocycles. The summed E-state index contributed by atoms with van der Waals surface area (Å²) in [5, 5.41) is 8.84. The maximum Gasteiger partial charge on any atom is 0.132 e. The van der Waals surface area contributed by atoms with Crippen LogP contribution in [0.3, 0.4) is 0 Å². The maximum atomic E-state index is 8.84. The van der Waals surface area contributed by atoms with Crippen molar-refractivity contribution < 1.29 is 4.74 Å². The number of anilines is 1. The molecule has 0 fully saturated rings. The number of nitriles is 1. The molecule has 0 atom stereocenters. The molecule has 90 valence electrons. The smallest absolute Gasteiger partial charge is 0.132 e. The van der Waals surface area contributed by atoms with Gasteiger partial charge in [-0.25, -0.2) is 0 Å². The second kappa shape index (κ2) is 5.11. The van der Waals surface area contributed by atoms with Gasteiger partial charge in [0.2, 0.25) is 0 Å². The van der Waals surface area contributed by atoms with Gasteiger partial charge in [-0.3, -0.25) is 0 Å². The number of benzene rings is 2. The first kappa shape index (κ1) is 12.5. The SMILES string of the molecule is Cc1ccc(N)cc1Oc1ccc(C#N)c(Br)c1. The fraction of sp³-hybridized carbons (Fsp3) is 0.0714. The highest BCUT2D eigenvalue weighted by molar-refractivity contribution is 9.10. The van der Waals surface area contributed by atoms with Gasteiger partial charge in [0.25, 0.3) is 0 Å². The van der Waals surface area contributed by atoms with E-state index < -0.39 is 0 Å². The van der Waals surface area contributed by atoms with Crippen molar-refractivity contribution in [3.05, 3.63) is 52.0 Å². The Morgan fingerprint density at radius 1 is 1.22 bits per heavy atom. The van der Waals surface area contributed by atoms with E-state index in [0.717, 1.165) is 5.56 Å². The van der Waals surface area contributed by atoms with Crippen LogP contribution >= 0.6 is 15.9 Å². The molecule has 3 nitrogen and oxygen atoms in total. The molecule has 18 heavy (non-hydrogen) atoms. The zero-order chi connectivity index (χ0) is 13.1. The van der Waals surface area contributed by atoms with Crippen molar-refractivity contribution in [2.24, 2.45) is 0 Å². The Hall–Kier alpha value is -1.99. The first-order valence-electron chi connectivity index (χ1n) is 5.34. The minimum atomic E-state index is 0.576. The predicted molar refractivity (Wildman–Crippen MR) is 74.5 cm³/mol. The Balaban J connectivity index is 2.32. The summed E-state index contributed by atoms with van der Waals surface area (Å²) in [4.78, 5) is 0. The van der Waals surface area contributed by atoms with Crippen molar-refractivity contribution in [1.82, 2.24) is 0 Å². The lowest BCUT2D eigenvalue weighted by atomic mass is 10.2. The zero-order valence-electron chi connectivity index (χ0n) is 9.77. The van der Waals surface area contributed by atoms with Gasteiger partial charge < -0.3 is 10.5 Å². The van der Waals surface area contributed by atoms with Gasteiger partial charge in [0.1, 0.15) is 17.6 Å². The van der Waals surface area contributed by atoms with Crippen molar-refractivity contribution in [3.63, 3.8) is 0 Å². The van der Waals surface area contributed by atoms with Gasteiger partial charge in [-0.15, -0.1) is 0 Å². The van der Waals surface area contributed by atoms with Crippen LogP contribution in [0.2, 0.25) is 0 Å². The molecule has 0 heterocycles. The van der Waals surface area contributed by atoms with Gasteiger partial charge in [-0.05, 0) is 52.7 Å². The Kier molecular flexibility index (Phi) is 3.54. The summed E-state index contributed by atoms with van der Waals surface area (Å²) >= 11 is 3.33. The third kappa shape index (κ3) is 2.63. The molecule has 2 N–H and O–H groups in total. The van der Waals surface area contributed by atoms with Crippen molar-refractivity contribution in [3.8, 4) is 17.6 Å². The van der Waals surface area contributed by atoms with E-state index in [4.69, 9.17) is 15.7 Å². The molecule has 0 aliphatic heterocycles. The molecule has 2 aromatic rings. The highest BCUT2D eigenvalue weighted by Crippen LogP contribution is 2.29. The van der Waals surface area contributed by atoms with E-state index in [1.165, 1.54) is 0 Å². The Labute approximate surface area is 114 Å².